The highest BCUT2D eigenvalue weighted by Gasteiger charge is 2.33. The largest absolute Gasteiger partial charge is 0.390 e. The van der Waals surface area contributed by atoms with Crippen LogP contribution in [0, 0.1) is 6.92 Å². The van der Waals surface area contributed by atoms with Crippen molar-refractivity contribution in [2.75, 3.05) is 6.61 Å². The zero-order valence-corrected chi connectivity index (χ0v) is 12.6. The summed E-state index contributed by atoms with van der Waals surface area (Å²) in [7, 11) is 1.80. The molecule has 0 aliphatic rings. The molecule has 2 unspecified atom stereocenters. The number of aliphatic hydroxyl groups is 1. The Morgan fingerprint density at radius 3 is 2.50 bits per heavy atom. The standard InChI is InChI=1S/C13H23ClN2O2/c1-6-13(4,18-7-2)11(17)8-10-9(3)15-16(5)12(10)14/h11,17H,6-8H2,1-5H3. The molecule has 5 heteroatoms. The van der Waals surface area contributed by atoms with Crippen molar-refractivity contribution >= 4 is 11.6 Å². The van der Waals surface area contributed by atoms with E-state index in [2.05, 4.69) is 5.10 Å². The first-order valence-electron chi connectivity index (χ1n) is 6.35. The van der Waals surface area contributed by atoms with Crippen molar-refractivity contribution in [1.82, 2.24) is 9.78 Å². The summed E-state index contributed by atoms with van der Waals surface area (Å²) in [6.45, 7) is 8.36. The summed E-state index contributed by atoms with van der Waals surface area (Å²) in [5.74, 6) is 0. The van der Waals surface area contributed by atoms with Gasteiger partial charge in [0.25, 0.3) is 0 Å². The monoisotopic (exact) mass is 274 g/mol. The molecule has 0 fully saturated rings. The Balaban J connectivity index is 2.89. The van der Waals surface area contributed by atoms with Gasteiger partial charge >= 0.3 is 0 Å². The Bertz CT molecular complexity index is 406. The zero-order chi connectivity index (χ0) is 13.9. The Labute approximate surface area is 114 Å². The average molecular weight is 275 g/mol. The molecule has 0 radical (unpaired) electrons. The highest BCUT2D eigenvalue weighted by Crippen LogP contribution is 2.27. The molecule has 18 heavy (non-hydrogen) atoms. The lowest BCUT2D eigenvalue weighted by Crippen LogP contribution is -2.43. The number of aliphatic hydroxyl groups excluding tert-OH is 1. The molecule has 0 amide bonds. The second-order valence-electron chi connectivity index (χ2n) is 4.80. The van der Waals surface area contributed by atoms with Crippen LogP contribution in [-0.2, 0) is 18.2 Å². The molecule has 1 aromatic rings. The van der Waals surface area contributed by atoms with Crippen LogP contribution in [0.3, 0.4) is 0 Å². The predicted molar refractivity (Wildman–Crippen MR) is 73.0 cm³/mol. The summed E-state index contributed by atoms with van der Waals surface area (Å²) in [5.41, 5.74) is 1.21. The molecule has 104 valence electrons. The van der Waals surface area contributed by atoms with Gasteiger partial charge in [-0.15, -0.1) is 0 Å². The van der Waals surface area contributed by atoms with Crippen LogP contribution in [0.25, 0.3) is 0 Å². The van der Waals surface area contributed by atoms with Crippen LogP contribution in [0.15, 0.2) is 0 Å². The Kier molecular flexibility index (Phi) is 5.20. The highest BCUT2D eigenvalue weighted by molar-refractivity contribution is 6.30. The second kappa shape index (κ2) is 6.04. The number of aryl methyl sites for hydroxylation is 2. The van der Waals surface area contributed by atoms with E-state index in [4.69, 9.17) is 16.3 Å². The molecule has 0 saturated carbocycles. The van der Waals surface area contributed by atoms with E-state index in [9.17, 15) is 5.11 Å². The maximum Gasteiger partial charge on any atom is 0.130 e. The van der Waals surface area contributed by atoms with Crippen molar-refractivity contribution in [1.29, 1.82) is 0 Å². The summed E-state index contributed by atoms with van der Waals surface area (Å²) in [6.07, 6.45) is 0.616. The quantitative estimate of drug-likeness (QED) is 0.867. The molecule has 1 aromatic heterocycles. The van der Waals surface area contributed by atoms with Crippen molar-refractivity contribution in [2.45, 2.75) is 52.2 Å². The van der Waals surface area contributed by atoms with Gasteiger partial charge in [-0.05, 0) is 27.2 Å². The van der Waals surface area contributed by atoms with Crippen LogP contribution in [0.4, 0.5) is 0 Å². The van der Waals surface area contributed by atoms with Gasteiger partial charge < -0.3 is 9.84 Å². The SMILES string of the molecule is CCOC(C)(CC)C(O)Cc1c(C)nn(C)c1Cl. The minimum absolute atomic E-state index is 0.461. The number of hydrogen-bond donors (Lipinski definition) is 1. The van der Waals surface area contributed by atoms with Crippen molar-refractivity contribution in [3.05, 3.63) is 16.4 Å². The van der Waals surface area contributed by atoms with Crippen LogP contribution in [0.5, 0.6) is 0 Å². The van der Waals surface area contributed by atoms with E-state index in [1.807, 2.05) is 27.7 Å². The van der Waals surface area contributed by atoms with Gasteiger partial charge in [0.1, 0.15) is 5.15 Å². The molecule has 0 aromatic carbocycles. The van der Waals surface area contributed by atoms with Gasteiger partial charge in [0.2, 0.25) is 0 Å². The van der Waals surface area contributed by atoms with Gasteiger partial charge in [0.15, 0.2) is 0 Å². The van der Waals surface area contributed by atoms with Gasteiger partial charge in [0.05, 0.1) is 17.4 Å². The van der Waals surface area contributed by atoms with Crippen LogP contribution < -0.4 is 0 Å². The van der Waals surface area contributed by atoms with E-state index in [-0.39, 0.29) is 0 Å². The first-order valence-corrected chi connectivity index (χ1v) is 6.73. The molecular weight excluding hydrogens is 252 g/mol. The normalized spacial score (nSPS) is 16.6. The highest BCUT2D eigenvalue weighted by atomic mass is 35.5. The number of hydrogen-bond acceptors (Lipinski definition) is 3. The zero-order valence-electron chi connectivity index (χ0n) is 11.8. The third-order valence-electron chi connectivity index (χ3n) is 3.55. The number of ether oxygens (including phenoxy) is 1. The summed E-state index contributed by atoms with van der Waals surface area (Å²) in [4.78, 5) is 0. The molecule has 4 nitrogen and oxygen atoms in total. The average Bonchev–Trinajstić information content (AvgIpc) is 2.56. The summed E-state index contributed by atoms with van der Waals surface area (Å²) in [5, 5.41) is 15.2. The Hall–Kier alpha value is -0.580. The molecule has 1 rings (SSSR count). The minimum Gasteiger partial charge on any atom is -0.390 e. The molecule has 1 N–H and O–H groups in total. The lowest BCUT2D eigenvalue weighted by molar-refractivity contribution is -0.110. The van der Waals surface area contributed by atoms with Crippen molar-refractivity contribution < 1.29 is 9.84 Å². The van der Waals surface area contributed by atoms with E-state index in [1.54, 1.807) is 11.7 Å². The van der Waals surface area contributed by atoms with Gasteiger partial charge in [-0.2, -0.15) is 5.10 Å². The number of nitrogens with zero attached hydrogens (tertiary/aromatic N) is 2. The van der Waals surface area contributed by atoms with E-state index < -0.39 is 11.7 Å². The summed E-state index contributed by atoms with van der Waals surface area (Å²) in [6, 6.07) is 0. The Morgan fingerprint density at radius 1 is 1.50 bits per heavy atom. The molecule has 2 atom stereocenters. The minimum atomic E-state index is -0.595. The fraction of sp³-hybridized carbons (Fsp3) is 0.769. The van der Waals surface area contributed by atoms with Gasteiger partial charge in [-0.3, -0.25) is 4.68 Å². The van der Waals surface area contributed by atoms with E-state index in [0.717, 1.165) is 17.7 Å². The summed E-state index contributed by atoms with van der Waals surface area (Å²) < 4.78 is 7.31. The molecular formula is C13H23ClN2O2. The second-order valence-corrected chi connectivity index (χ2v) is 5.16. The van der Waals surface area contributed by atoms with Gasteiger partial charge in [0, 0.05) is 25.6 Å². The number of halogens is 1. The first-order chi connectivity index (χ1) is 8.35. The van der Waals surface area contributed by atoms with Crippen LogP contribution in [-0.4, -0.2) is 33.2 Å². The summed E-state index contributed by atoms with van der Waals surface area (Å²) >= 11 is 6.18. The first kappa shape index (κ1) is 15.5. The van der Waals surface area contributed by atoms with Gasteiger partial charge in [-0.25, -0.2) is 0 Å². The lowest BCUT2D eigenvalue weighted by Gasteiger charge is -2.33. The fourth-order valence-electron chi connectivity index (χ4n) is 2.08. The van der Waals surface area contributed by atoms with Crippen LogP contribution >= 0.6 is 11.6 Å². The molecule has 0 saturated heterocycles. The third kappa shape index (κ3) is 3.05. The van der Waals surface area contributed by atoms with Crippen LogP contribution in [0.1, 0.15) is 38.4 Å². The van der Waals surface area contributed by atoms with Crippen molar-refractivity contribution in [2.24, 2.45) is 7.05 Å². The smallest absolute Gasteiger partial charge is 0.130 e. The molecule has 0 spiro atoms. The maximum atomic E-state index is 10.4. The topological polar surface area (TPSA) is 47.3 Å². The Morgan fingerprint density at radius 2 is 2.11 bits per heavy atom. The maximum absolute atomic E-state index is 10.4. The third-order valence-corrected chi connectivity index (χ3v) is 4.02. The molecule has 1 heterocycles. The molecule has 0 bridgehead atoms. The number of rotatable bonds is 6. The van der Waals surface area contributed by atoms with E-state index >= 15 is 0 Å². The number of aromatic nitrogens is 2. The van der Waals surface area contributed by atoms with Crippen molar-refractivity contribution in [3.8, 4) is 0 Å². The molecule has 0 aliphatic heterocycles. The van der Waals surface area contributed by atoms with Gasteiger partial charge in [-0.1, -0.05) is 18.5 Å². The molecule has 0 aliphatic carbocycles. The van der Waals surface area contributed by atoms with E-state index in [0.29, 0.717) is 18.2 Å². The van der Waals surface area contributed by atoms with E-state index in [1.165, 1.54) is 0 Å². The van der Waals surface area contributed by atoms with Crippen molar-refractivity contribution in [3.63, 3.8) is 0 Å². The lowest BCUT2D eigenvalue weighted by atomic mass is 9.91. The van der Waals surface area contributed by atoms with Crippen LogP contribution in [0.2, 0.25) is 5.15 Å². The predicted octanol–water partition coefficient (Wildman–Crippen LogP) is 2.49. The fourth-order valence-corrected chi connectivity index (χ4v) is 2.33.